The molecule has 0 bridgehead atoms. The minimum Gasteiger partial charge on any atom is -0.205 e. The van der Waals surface area contributed by atoms with Crippen LogP contribution in [0.25, 0.3) is 5.57 Å². The molecule has 0 nitrogen and oxygen atoms in total. The summed E-state index contributed by atoms with van der Waals surface area (Å²) < 4.78 is 13.7. The van der Waals surface area contributed by atoms with E-state index in [2.05, 4.69) is 25.2 Å². The molecule has 2 aliphatic carbocycles. The van der Waals surface area contributed by atoms with Crippen molar-refractivity contribution in [3.05, 3.63) is 52.8 Å². The van der Waals surface area contributed by atoms with E-state index in [4.69, 9.17) is 11.6 Å². The Hall–Kier alpha value is -1.08. The molecule has 2 aliphatic rings. The Bertz CT molecular complexity index is 652. The average Bonchev–Trinajstić information content (AvgIpc) is 2.71. The molecular formula is C25H34ClF. The number of allylic oxidation sites excluding steroid dienone is 4. The second-order valence-electron chi connectivity index (χ2n) is 8.53. The van der Waals surface area contributed by atoms with Crippen molar-refractivity contribution in [3.8, 4) is 0 Å². The summed E-state index contributed by atoms with van der Waals surface area (Å²) in [6.45, 7) is 2.28. The molecule has 0 saturated heterocycles. The molecule has 27 heavy (non-hydrogen) atoms. The molecule has 1 aromatic carbocycles. The van der Waals surface area contributed by atoms with Crippen molar-refractivity contribution in [1.82, 2.24) is 0 Å². The minimum atomic E-state index is -0.335. The first kappa shape index (κ1) is 20.6. The lowest BCUT2D eigenvalue weighted by Crippen LogP contribution is -2.21. The lowest BCUT2D eigenvalue weighted by atomic mass is 9.72. The van der Waals surface area contributed by atoms with Crippen LogP contribution in [0, 0.1) is 23.6 Å². The number of rotatable bonds is 8. The molecule has 1 saturated carbocycles. The van der Waals surface area contributed by atoms with Gasteiger partial charge in [-0.25, -0.2) is 4.39 Å². The van der Waals surface area contributed by atoms with Crippen LogP contribution in [0.2, 0.25) is 5.02 Å². The lowest BCUT2D eigenvalue weighted by molar-refractivity contribution is 0.218. The summed E-state index contributed by atoms with van der Waals surface area (Å²) in [6, 6.07) is 5.11. The van der Waals surface area contributed by atoms with Crippen LogP contribution in [-0.2, 0) is 0 Å². The van der Waals surface area contributed by atoms with E-state index in [0.29, 0.717) is 5.92 Å². The number of unbranched alkanes of at least 4 members (excludes halogenated alkanes) is 4. The summed E-state index contributed by atoms with van der Waals surface area (Å²) in [7, 11) is 0. The highest BCUT2D eigenvalue weighted by Crippen LogP contribution is 2.39. The second-order valence-corrected chi connectivity index (χ2v) is 8.94. The van der Waals surface area contributed by atoms with Gasteiger partial charge in [0.2, 0.25) is 0 Å². The van der Waals surface area contributed by atoms with Crippen LogP contribution in [0.4, 0.5) is 4.39 Å². The molecule has 0 amide bonds. The van der Waals surface area contributed by atoms with E-state index in [1.54, 1.807) is 12.1 Å². The van der Waals surface area contributed by atoms with Gasteiger partial charge in [-0.2, -0.15) is 0 Å². The Morgan fingerprint density at radius 3 is 2.48 bits per heavy atom. The lowest BCUT2D eigenvalue weighted by Gasteiger charge is -2.33. The van der Waals surface area contributed by atoms with Crippen LogP contribution in [0.5, 0.6) is 0 Å². The smallest absolute Gasteiger partial charge is 0.142 e. The predicted octanol–water partition coefficient (Wildman–Crippen LogP) is 8.61. The summed E-state index contributed by atoms with van der Waals surface area (Å²) in [5, 5.41) is 0.194. The molecule has 2 heteroatoms. The minimum absolute atomic E-state index is 0.194. The average molecular weight is 389 g/mol. The summed E-state index contributed by atoms with van der Waals surface area (Å²) >= 11 is 5.80. The van der Waals surface area contributed by atoms with Crippen LogP contribution >= 0.6 is 11.6 Å². The molecule has 0 radical (unpaired) electrons. The van der Waals surface area contributed by atoms with Gasteiger partial charge in [-0.15, -0.1) is 0 Å². The second kappa shape index (κ2) is 10.5. The molecule has 1 atom stereocenters. The number of hydrogen-bond donors (Lipinski definition) is 0. The zero-order valence-electron chi connectivity index (χ0n) is 16.7. The van der Waals surface area contributed by atoms with Gasteiger partial charge >= 0.3 is 0 Å². The van der Waals surface area contributed by atoms with E-state index < -0.39 is 0 Å². The zero-order valence-corrected chi connectivity index (χ0v) is 17.5. The Balaban J connectivity index is 1.42. The van der Waals surface area contributed by atoms with Gasteiger partial charge in [0, 0.05) is 0 Å². The third-order valence-electron chi connectivity index (χ3n) is 6.60. The fourth-order valence-corrected chi connectivity index (χ4v) is 4.94. The maximum Gasteiger partial charge on any atom is 0.142 e. The van der Waals surface area contributed by atoms with Crippen LogP contribution in [-0.4, -0.2) is 0 Å². The van der Waals surface area contributed by atoms with Crippen molar-refractivity contribution in [2.75, 3.05) is 0 Å². The van der Waals surface area contributed by atoms with Crippen LogP contribution in [0.15, 0.2) is 36.4 Å². The van der Waals surface area contributed by atoms with Crippen LogP contribution < -0.4 is 0 Å². The SMILES string of the molecule is CCCCCCC[C@H]1CC[C@H](C2C=CC(c3ccc(Cl)c(F)c3)=CC2)CC1. The fourth-order valence-electron chi connectivity index (χ4n) is 4.82. The number of hydrogen-bond acceptors (Lipinski definition) is 0. The molecule has 1 aromatic rings. The highest BCUT2D eigenvalue weighted by atomic mass is 35.5. The summed E-state index contributed by atoms with van der Waals surface area (Å²) in [5.41, 5.74) is 2.06. The zero-order chi connectivity index (χ0) is 19.1. The van der Waals surface area contributed by atoms with E-state index in [9.17, 15) is 4.39 Å². The highest BCUT2D eigenvalue weighted by Gasteiger charge is 2.26. The van der Waals surface area contributed by atoms with Crippen molar-refractivity contribution in [3.63, 3.8) is 0 Å². The van der Waals surface area contributed by atoms with Gasteiger partial charge in [-0.05, 0) is 60.3 Å². The highest BCUT2D eigenvalue weighted by molar-refractivity contribution is 6.30. The van der Waals surface area contributed by atoms with E-state index in [-0.39, 0.29) is 10.8 Å². The van der Waals surface area contributed by atoms with Gasteiger partial charge in [0.25, 0.3) is 0 Å². The maximum atomic E-state index is 13.7. The number of halogens is 2. The molecule has 3 rings (SSSR count). The van der Waals surface area contributed by atoms with Gasteiger partial charge < -0.3 is 0 Å². The van der Waals surface area contributed by atoms with Crippen LogP contribution in [0.1, 0.15) is 83.1 Å². The van der Waals surface area contributed by atoms with Crippen molar-refractivity contribution in [2.45, 2.75) is 77.6 Å². The number of benzene rings is 1. The normalized spacial score (nSPS) is 25.4. The van der Waals surface area contributed by atoms with Crippen molar-refractivity contribution in [1.29, 1.82) is 0 Å². The molecule has 0 N–H and O–H groups in total. The third-order valence-corrected chi connectivity index (χ3v) is 6.91. The Morgan fingerprint density at radius 1 is 1.04 bits per heavy atom. The molecule has 0 spiro atoms. The topological polar surface area (TPSA) is 0 Å². The molecule has 0 aromatic heterocycles. The first-order valence-electron chi connectivity index (χ1n) is 11.0. The predicted molar refractivity (Wildman–Crippen MR) is 115 cm³/mol. The van der Waals surface area contributed by atoms with Crippen molar-refractivity contribution >= 4 is 17.2 Å². The third kappa shape index (κ3) is 5.95. The summed E-state index contributed by atoms with van der Waals surface area (Å²) in [6.07, 6.45) is 22.0. The first-order chi connectivity index (χ1) is 13.2. The van der Waals surface area contributed by atoms with E-state index in [1.165, 1.54) is 64.2 Å². The van der Waals surface area contributed by atoms with E-state index in [1.807, 2.05) is 6.07 Å². The maximum absolute atomic E-state index is 13.7. The fraction of sp³-hybridized carbons (Fsp3) is 0.600. The van der Waals surface area contributed by atoms with Crippen molar-refractivity contribution < 1.29 is 4.39 Å². The van der Waals surface area contributed by atoms with Gasteiger partial charge in [-0.3, -0.25) is 0 Å². The largest absolute Gasteiger partial charge is 0.205 e. The van der Waals surface area contributed by atoms with Gasteiger partial charge in [0.15, 0.2) is 0 Å². The van der Waals surface area contributed by atoms with Gasteiger partial charge in [0.1, 0.15) is 5.82 Å². The monoisotopic (exact) mass is 388 g/mol. The molecule has 0 aliphatic heterocycles. The van der Waals surface area contributed by atoms with E-state index >= 15 is 0 Å². The molecular weight excluding hydrogens is 355 g/mol. The molecule has 1 fully saturated rings. The Morgan fingerprint density at radius 2 is 1.81 bits per heavy atom. The Labute approximate surface area is 169 Å². The summed E-state index contributed by atoms with van der Waals surface area (Å²) in [4.78, 5) is 0. The summed E-state index contributed by atoms with van der Waals surface area (Å²) in [5.74, 6) is 2.13. The van der Waals surface area contributed by atoms with Crippen LogP contribution in [0.3, 0.4) is 0 Å². The first-order valence-corrected chi connectivity index (χ1v) is 11.4. The molecule has 148 valence electrons. The van der Waals surface area contributed by atoms with E-state index in [0.717, 1.165) is 29.4 Å². The Kier molecular flexibility index (Phi) is 8.00. The molecule has 0 heterocycles. The standard InChI is InChI=1S/C25H34ClF/c1-2-3-4-5-6-7-19-8-10-20(11-9-19)21-12-14-22(15-13-21)23-16-17-24(26)25(27)18-23/h12,14-21H,2-11,13H2,1H3/t19-,20-,21?. The van der Waals surface area contributed by atoms with Gasteiger partial charge in [0.05, 0.1) is 5.02 Å². The van der Waals surface area contributed by atoms with Gasteiger partial charge in [-0.1, -0.05) is 94.2 Å². The molecule has 1 unspecified atom stereocenters. The quantitative estimate of drug-likeness (QED) is 0.391. The van der Waals surface area contributed by atoms with Crippen molar-refractivity contribution in [2.24, 2.45) is 17.8 Å².